The second kappa shape index (κ2) is 5.31. The Morgan fingerprint density at radius 1 is 1.29 bits per heavy atom. The first-order valence-corrected chi connectivity index (χ1v) is 5.71. The Morgan fingerprint density at radius 2 is 1.95 bits per heavy atom. The van der Waals surface area contributed by atoms with Gasteiger partial charge in [0.2, 0.25) is 5.82 Å². The van der Waals surface area contributed by atoms with Gasteiger partial charge in [-0.25, -0.2) is 13.8 Å². The molecule has 0 saturated carbocycles. The van der Waals surface area contributed by atoms with E-state index in [-0.39, 0.29) is 5.82 Å². The molecule has 0 saturated heterocycles. The molecule has 0 radical (unpaired) electrons. The Labute approximate surface area is 117 Å². The monoisotopic (exact) mass is 297 g/mol. The third-order valence-corrected chi connectivity index (χ3v) is 2.77. The number of nitrogens with two attached hydrogens (primary N) is 1. The molecule has 0 unspecified atom stereocenters. The first-order chi connectivity index (χ1) is 9.81. The van der Waals surface area contributed by atoms with Crippen LogP contribution in [-0.2, 0) is 0 Å². The van der Waals surface area contributed by atoms with Crippen molar-refractivity contribution in [3.63, 3.8) is 0 Å². The summed E-state index contributed by atoms with van der Waals surface area (Å²) in [5.74, 6) is -7.44. The summed E-state index contributed by atoms with van der Waals surface area (Å²) in [6.07, 6.45) is 1.28. The molecule has 1 aromatic carbocycles. The maximum absolute atomic E-state index is 13.6. The fraction of sp³-hybridized carbons (Fsp3) is 0.0769. The predicted octanol–water partition coefficient (Wildman–Crippen LogP) is 2.35. The number of carbonyl (C=O) groups is 1. The lowest BCUT2D eigenvalue weighted by molar-refractivity contribution is 0.102. The van der Waals surface area contributed by atoms with Gasteiger partial charge in [0, 0.05) is 0 Å². The fourth-order valence-corrected chi connectivity index (χ4v) is 1.57. The van der Waals surface area contributed by atoms with Gasteiger partial charge in [0.15, 0.2) is 17.4 Å². The highest BCUT2D eigenvalue weighted by Gasteiger charge is 2.22. The van der Waals surface area contributed by atoms with E-state index < -0.39 is 34.7 Å². The summed E-state index contributed by atoms with van der Waals surface area (Å²) >= 11 is 0. The highest BCUT2D eigenvalue weighted by molar-refractivity contribution is 6.04. The van der Waals surface area contributed by atoms with E-state index in [2.05, 4.69) is 10.3 Å². The molecule has 4 N–H and O–H groups in total. The number of phenolic OH excluding ortho intramolecular Hbond substituents is 1. The minimum absolute atomic E-state index is 0.0512. The number of pyridine rings is 1. The Hall–Kier alpha value is -2.77. The number of rotatable bonds is 2. The van der Waals surface area contributed by atoms with E-state index in [1.54, 1.807) is 6.92 Å². The van der Waals surface area contributed by atoms with Crippen molar-refractivity contribution < 1.29 is 23.1 Å². The topological polar surface area (TPSA) is 88.2 Å². The molecule has 0 aliphatic rings. The minimum atomic E-state index is -1.76. The zero-order chi connectivity index (χ0) is 15.7. The Bertz CT molecular complexity index is 735. The third kappa shape index (κ3) is 2.73. The van der Waals surface area contributed by atoms with Crippen molar-refractivity contribution in [2.24, 2.45) is 0 Å². The molecular weight excluding hydrogens is 287 g/mol. The number of aromatic hydroxyl groups is 1. The van der Waals surface area contributed by atoms with Crippen LogP contribution in [0.15, 0.2) is 18.3 Å². The van der Waals surface area contributed by atoms with Crippen molar-refractivity contribution in [3.8, 4) is 5.75 Å². The summed E-state index contributed by atoms with van der Waals surface area (Å²) in [5.41, 5.74) is 5.72. The molecule has 0 aliphatic heterocycles. The molecule has 0 aliphatic carbocycles. The average molecular weight is 297 g/mol. The van der Waals surface area contributed by atoms with Crippen LogP contribution < -0.4 is 11.1 Å². The van der Waals surface area contributed by atoms with Crippen LogP contribution in [-0.4, -0.2) is 16.0 Å². The molecule has 0 bridgehead atoms. The summed E-state index contributed by atoms with van der Waals surface area (Å²) in [4.78, 5) is 15.6. The number of aryl methyl sites for hydroxylation is 1. The SMILES string of the molecule is Cc1cc(NC(=O)c2cc(F)c(F)c(O)c2F)ncc1N. The van der Waals surface area contributed by atoms with Gasteiger partial charge in [-0.1, -0.05) is 0 Å². The van der Waals surface area contributed by atoms with Crippen LogP contribution in [0.1, 0.15) is 15.9 Å². The van der Waals surface area contributed by atoms with E-state index in [0.717, 1.165) is 0 Å². The normalized spacial score (nSPS) is 10.5. The van der Waals surface area contributed by atoms with Gasteiger partial charge in [-0.05, 0) is 24.6 Å². The number of nitrogen functional groups attached to an aromatic ring is 1. The zero-order valence-electron chi connectivity index (χ0n) is 10.7. The predicted molar refractivity (Wildman–Crippen MR) is 69.3 cm³/mol. The van der Waals surface area contributed by atoms with E-state index in [0.29, 0.717) is 17.3 Å². The Morgan fingerprint density at radius 3 is 2.57 bits per heavy atom. The molecule has 1 heterocycles. The van der Waals surface area contributed by atoms with Crippen molar-refractivity contribution in [3.05, 3.63) is 46.9 Å². The number of anilines is 2. The summed E-state index contributed by atoms with van der Waals surface area (Å²) in [7, 11) is 0. The molecule has 2 rings (SSSR count). The van der Waals surface area contributed by atoms with Gasteiger partial charge in [0.05, 0.1) is 17.4 Å². The van der Waals surface area contributed by atoms with Crippen molar-refractivity contribution in [1.29, 1.82) is 0 Å². The van der Waals surface area contributed by atoms with Gasteiger partial charge in [0.1, 0.15) is 5.82 Å². The largest absolute Gasteiger partial charge is 0.503 e. The molecule has 2 aromatic rings. The van der Waals surface area contributed by atoms with Gasteiger partial charge in [0.25, 0.3) is 5.91 Å². The molecule has 0 spiro atoms. The molecule has 8 heteroatoms. The summed E-state index contributed by atoms with van der Waals surface area (Å²) in [6.45, 7) is 1.66. The van der Waals surface area contributed by atoms with E-state index in [4.69, 9.17) is 10.8 Å². The average Bonchev–Trinajstić information content (AvgIpc) is 2.44. The van der Waals surface area contributed by atoms with Crippen molar-refractivity contribution >= 4 is 17.4 Å². The van der Waals surface area contributed by atoms with Crippen LogP contribution in [0.25, 0.3) is 0 Å². The van der Waals surface area contributed by atoms with Crippen molar-refractivity contribution in [1.82, 2.24) is 4.98 Å². The van der Waals surface area contributed by atoms with Crippen LogP contribution in [0.2, 0.25) is 0 Å². The summed E-state index contributed by atoms with van der Waals surface area (Å²) in [6, 6.07) is 1.77. The van der Waals surface area contributed by atoms with Gasteiger partial charge < -0.3 is 16.2 Å². The number of nitrogens with one attached hydrogen (secondary N) is 1. The number of nitrogens with zero attached hydrogens (tertiary/aromatic N) is 1. The van der Waals surface area contributed by atoms with Crippen molar-refractivity contribution in [2.75, 3.05) is 11.1 Å². The number of halogens is 3. The molecule has 0 fully saturated rings. The Balaban J connectivity index is 2.35. The van der Waals surface area contributed by atoms with Crippen LogP contribution >= 0.6 is 0 Å². The fourth-order valence-electron chi connectivity index (χ4n) is 1.57. The minimum Gasteiger partial charge on any atom is -0.503 e. The molecule has 110 valence electrons. The number of phenols is 1. The highest BCUT2D eigenvalue weighted by Crippen LogP contribution is 2.26. The molecule has 1 aromatic heterocycles. The number of hydrogen-bond acceptors (Lipinski definition) is 4. The van der Waals surface area contributed by atoms with Gasteiger partial charge in [-0.15, -0.1) is 0 Å². The second-order valence-electron chi connectivity index (χ2n) is 4.26. The lowest BCUT2D eigenvalue weighted by Crippen LogP contribution is -2.16. The van der Waals surface area contributed by atoms with E-state index in [1.807, 2.05) is 0 Å². The first-order valence-electron chi connectivity index (χ1n) is 5.71. The van der Waals surface area contributed by atoms with Gasteiger partial charge in [-0.2, -0.15) is 4.39 Å². The Kier molecular flexibility index (Phi) is 3.70. The molecule has 21 heavy (non-hydrogen) atoms. The summed E-state index contributed by atoms with van der Waals surface area (Å²) in [5, 5.41) is 11.3. The zero-order valence-corrected chi connectivity index (χ0v) is 10.7. The first kappa shape index (κ1) is 14.6. The lowest BCUT2D eigenvalue weighted by atomic mass is 10.1. The quantitative estimate of drug-likeness (QED) is 0.742. The number of carbonyl (C=O) groups excluding carboxylic acids is 1. The molecular formula is C13H10F3N3O2. The molecule has 5 nitrogen and oxygen atoms in total. The van der Waals surface area contributed by atoms with Crippen molar-refractivity contribution in [2.45, 2.75) is 6.92 Å². The maximum Gasteiger partial charge on any atom is 0.260 e. The maximum atomic E-state index is 13.6. The standard InChI is InChI=1S/C13H10F3N3O2/c1-5-2-9(18-4-8(5)17)19-13(21)6-3-7(14)11(16)12(20)10(6)15/h2-4,20H,17H2,1H3,(H,18,19,21). The van der Waals surface area contributed by atoms with E-state index in [9.17, 15) is 18.0 Å². The van der Waals surface area contributed by atoms with Crippen LogP contribution in [0, 0.1) is 24.4 Å². The van der Waals surface area contributed by atoms with E-state index >= 15 is 0 Å². The molecule has 1 amide bonds. The van der Waals surface area contributed by atoms with Gasteiger partial charge >= 0.3 is 0 Å². The third-order valence-electron chi connectivity index (χ3n) is 2.77. The number of amides is 1. The van der Waals surface area contributed by atoms with Crippen LogP contribution in [0.3, 0.4) is 0 Å². The lowest BCUT2D eigenvalue weighted by Gasteiger charge is -2.08. The smallest absolute Gasteiger partial charge is 0.260 e. The molecule has 0 atom stereocenters. The van der Waals surface area contributed by atoms with Crippen LogP contribution in [0.5, 0.6) is 5.75 Å². The number of benzene rings is 1. The summed E-state index contributed by atoms with van der Waals surface area (Å²) < 4.78 is 39.6. The number of hydrogen-bond donors (Lipinski definition) is 3. The highest BCUT2D eigenvalue weighted by atomic mass is 19.2. The second-order valence-corrected chi connectivity index (χ2v) is 4.26. The van der Waals surface area contributed by atoms with E-state index in [1.165, 1.54) is 12.3 Å². The number of aromatic nitrogens is 1. The van der Waals surface area contributed by atoms with Crippen LogP contribution in [0.4, 0.5) is 24.7 Å². The van der Waals surface area contributed by atoms with Gasteiger partial charge in [-0.3, -0.25) is 4.79 Å².